The van der Waals surface area contributed by atoms with Crippen LogP contribution in [-0.4, -0.2) is 21.6 Å². The number of fused-ring (bicyclic) bond motifs is 1. The normalized spacial score (nSPS) is 11.7. The quantitative estimate of drug-likeness (QED) is 0.474. The van der Waals surface area contributed by atoms with Crippen LogP contribution in [0.1, 0.15) is 24.2 Å². The van der Waals surface area contributed by atoms with Gasteiger partial charge in [-0.1, -0.05) is 29.8 Å². The van der Waals surface area contributed by atoms with Crippen LogP contribution in [0.4, 0.5) is 11.8 Å². The number of methoxy groups -OCH3 is 1. The van der Waals surface area contributed by atoms with Gasteiger partial charge in [-0.3, -0.25) is 9.36 Å². The van der Waals surface area contributed by atoms with Crippen molar-refractivity contribution in [1.82, 2.24) is 14.5 Å². The number of nitriles is 1. The Hall–Kier alpha value is -4.09. The minimum Gasteiger partial charge on any atom is -0.497 e. The third-order valence-electron chi connectivity index (χ3n) is 5.06. The van der Waals surface area contributed by atoms with E-state index in [0.29, 0.717) is 32.9 Å². The van der Waals surface area contributed by atoms with Gasteiger partial charge in [0.1, 0.15) is 23.2 Å². The molecule has 9 heteroatoms. The van der Waals surface area contributed by atoms with Gasteiger partial charge >= 0.3 is 0 Å². The molecule has 1 atom stereocenters. The molecule has 2 aromatic heterocycles. The molecule has 0 aliphatic heterocycles. The molecule has 8 nitrogen and oxygen atoms in total. The van der Waals surface area contributed by atoms with Crippen molar-refractivity contribution < 1.29 is 4.74 Å². The summed E-state index contributed by atoms with van der Waals surface area (Å²) in [7, 11) is 1.56. The van der Waals surface area contributed by atoms with Gasteiger partial charge in [-0.25, -0.2) is 4.98 Å². The van der Waals surface area contributed by atoms with Crippen LogP contribution in [-0.2, 0) is 0 Å². The predicted molar refractivity (Wildman–Crippen MR) is 124 cm³/mol. The number of nitrogens with two attached hydrogens (primary N) is 1. The smallest absolute Gasteiger partial charge is 0.264 e. The molecule has 0 bridgehead atoms. The van der Waals surface area contributed by atoms with Gasteiger partial charge in [-0.05, 0) is 36.6 Å². The van der Waals surface area contributed by atoms with Gasteiger partial charge in [-0.15, -0.1) is 0 Å². The van der Waals surface area contributed by atoms with Gasteiger partial charge in [0.2, 0.25) is 5.95 Å². The Kier molecular flexibility index (Phi) is 5.67. The Balaban J connectivity index is 1.95. The van der Waals surface area contributed by atoms with Gasteiger partial charge in [0.25, 0.3) is 5.56 Å². The maximum atomic E-state index is 13.6. The highest BCUT2D eigenvalue weighted by atomic mass is 35.5. The van der Waals surface area contributed by atoms with Crippen LogP contribution in [0.2, 0.25) is 5.02 Å². The van der Waals surface area contributed by atoms with E-state index in [4.69, 9.17) is 22.1 Å². The molecule has 160 valence electrons. The topological polar surface area (TPSA) is 119 Å². The van der Waals surface area contributed by atoms with Crippen molar-refractivity contribution in [3.63, 3.8) is 0 Å². The van der Waals surface area contributed by atoms with Crippen molar-refractivity contribution in [2.75, 3.05) is 18.2 Å². The summed E-state index contributed by atoms with van der Waals surface area (Å²) in [5.74, 6) is 0.924. The van der Waals surface area contributed by atoms with Crippen LogP contribution >= 0.6 is 11.6 Å². The largest absolute Gasteiger partial charge is 0.497 e. The number of halogens is 1. The zero-order valence-electron chi connectivity index (χ0n) is 17.3. The van der Waals surface area contributed by atoms with Gasteiger partial charge in [0.05, 0.1) is 35.4 Å². The molecule has 0 spiro atoms. The Bertz CT molecular complexity index is 1430. The molecule has 4 aromatic rings. The van der Waals surface area contributed by atoms with Crippen molar-refractivity contribution in [1.29, 1.82) is 5.26 Å². The van der Waals surface area contributed by atoms with E-state index in [1.165, 1.54) is 6.20 Å². The number of rotatable bonds is 5. The summed E-state index contributed by atoms with van der Waals surface area (Å²) in [6.07, 6.45) is 1.35. The van der Waals surface area contributed by atoms with E-state index in [2.05, 4.69) is 15.3 Å². The monoisotopic (exact) mass is 446 g/mol. The number of ether oxygens (including phenoxy) is 1. The van der Waals surface area contributed by atoms with Crippen molar-refractivity contribution in [2.45, 2.75) is 13.0 Å². The molecule has 0 saturated heterocycles. The van der Waals surface area contributed by atoms with E-state index in [9.17, 15) is 10.1 Å². The predicted octanol–water partition coefficient (Wildman–Crippen LogP) is 4.07. The van der Waals surface area contributed by atoms with E-state index in [1.54, 1.807) is 42.0 Å². The second-order valence-corrected chi connectivity index (χ2v) is 7.49. The molecule has 0 saturated carbocycles. The van der Waals surface area contributed by atoms with Crippen LogP contribution in [0.25, 0.3) is 16.5 Å². The minimum absolute atomic E-state index is 0.0363. The molecule has 0 amide bonds. The van der Waals surface area contributed by atoms with Crippen LogP contribution < -0.4 is 21.3 Å². The molecule has 0 aliphatic carbocycles. The molecule has 4 rings (SSSR count). The second-order valence-electron chi connectivity index (χ2n) is 7.08. The van der Waals surface area contributed by atoms with E-state index in [1.807, 2.05) is 31.2 Å². The first-order valence-electron chi connectivity index (χ1n) is 9.70. The Morgan fingerprint density at radius 3 is 2.78 bits per heavy atom. The number of anilines is 2. The molecule has 2 aromatic carbocycles. The first-order chi connectivity index (χ1) is 15.4. The number of benzene rings is 2. The fraction of sp³-hybridized carbons (Fsp3) is 0.130. The van der Waals surface area contributed by atoms with Crippen LogP contribution in [0.15, 0.2) is 59.5 Å². The zero-order valence-corrected chi connectivity index (χ0v) is 18.1. The third-order valence-corrected chi connectivity index (χ3v) is 5.38. The Morgan fingerprint density at radius 1 is 1.25 bits per heavy atom. The van der Waals surface area contributed by atoms with Crippen molar-refractivity contribution in [2.24, 2.45) is 0 Å². The van der Waals surface area contributed by atoms with Gasteiger partial charge in [-0.2, -0.15) is 10.2 Å². The summed E-state index contributed by atoms with van der Waals surface area (Å²) >= 11 is 6.38. The van der Waals surface area contributed by atoms with Gasteiger partial charge < -0.3 is 15.8 Å². The molecular weight excluding hydrogens is 428 g/mol. The molecule has 32 heavy (non-hydrogen) atoms. The number of nitrogens with zero attached hydrogens (tertiary/aromatic N) is 4. The minimum atomic E-state index is -0.432. The second kappa shape index (κ2) is 8.57. The molecule has 0 aliphatic rings. The summed E-state index contributed by atoms with van der Waals surface area (Å²) in [6, 6.07) is 16.0. The first-order valence-corrected chi connectivity index (χ1v) is 10.1. The summed E-state index contributed by atoms with van der Waals surface area (Å²) in [5, 5.41) is 14.1. The lowest BCUT2D eigenvalue weighted by Gasteiger charge is -2.22. The maximum Gasteiger partial charge on any atom is 0.264 e. The van der Waals surface area contributed by atoms with E-state index in [-0.39, 0.29) is 22.9 Å². The van der Waals surface area contributed by atoms with Crippen molar-refractivity contribution in [3.05, 3.63) is 81.4 Å². The molecule has 2 heterocycles. The molecule has 3 N–H and O–H groups in total. The lowest BCUT2D eigenvalue weighted by atomic mass is 10.1. The lowest BCUT2D eigenvalue weighted by molar-refractivity contribution is 0.414. The highest BCUT2D eigenvalue weighted by molar-refractivity contribution is 6.35. The summed E-state index contributed by atoms with van der Waals surface area (Å²) in [6.45, 7) is 1.86. The number of nitrogens with one attached hydrogen (secondary N) is 1. The molecular formula is C23H19ClN6O2. The number of pyridine rings is 1. The average Bonchev–Trinajstić information content (AvgIpc) is 2.79. The molecule has 0 fully saturated rings. The van der Waals surface area contributed by atoms with Crippen LogP contribution in [0.3, 0.4) is 0 Å². The maximum absolute atomic E-state index is 13.6. The molecule has 1 unspecified atom stereocenters. The number of hydrogen-bond acceptors (Lipinski definition) is 7. The van der Waals surface area contributed by atoms with Crippen molar-refractivity contribution in [3.8, 4) is 17.5 Å². The lowest BCUT2D eigenvalue weighted by Crippen LogP contribution is -2.26. The Morgan fingerprint density at radius 2 is 2.03 bits per heavy atom. The average molecular weight is 447 g/mol. The van der Waals surface area contributed by atoms with E-state index < -0.39 is 6.04 Å². The fourth-order valence-electron chi connectivity index (χ4n) is 3.54. The zero-order chi connectivity index (χ0) is 22.8. The highest BCUT2D eigenvalue weighted by Gasteiger charge is 2.19. The third kappa shape index (κ3) is 3.82. The van der Waals surface area contributed by atoms with E-state index in [0.717, 1.165) is 0 Å². The van der Waals surface area contributed by atoms with Gasteiger partial charge in [0, 0.05) is 11.8 Å². The van der Waals surface area contributed by atoms with Crippen LogP contribution in [0, 0.1) is 11.3 Å². The standard InChI is InChI=1S/C23H19ClN6O2/c1-13(28-21-15(11-25)12-27-23(26)29-21)19-9-14-5-3-8-18(24)20(14)22(31)30(19)16-6-4-7-17(10-16)32-2/h3-10,12-13H,1-2H3,(H3,26,27,28,29). The molecule has 0 radical (unpaired) electrons. The summed E-state index contributed by atoms with van der Waals surface area (Å²) < 4.78 is 6.92. The van der Waals surface area contributed by atoms with E-state index >= 15 is 0 Å². The van der Waals surface area contributed by atoms with Gasteiger partial charge in [0.15, 0.2) is 0 Å². The van der Waals surface area contributed by atoms with Crippen molar-refractivity contribution >= 4 is 34.1 Å². The first kappa shape index (κ1) is 21.2. The highest BCUT2D eigenvalue weighted by Crippen LogP contribution is 2.28. The SMILES string of the molecule is COc1cccc(-n2c(C(C)Nc3nc(N)ncc3C#N)cc3cccc(Cl)c3c2=O)c1. The van der Waals surface area contributed by atoms with Crippen LogP contribution in [0.5, 0.6) is 5.75 Å². The number of nitrogen functional groups attached to an aromatic ring is 1. The summed E-state index contributed by atoms with van der Waals surface area (Å²) in [4.78, 5) is 21.6. The summed E-state index contributed by atoms with van der Waals surface area (Å²) in [5.41, 5.74) is 6.93. The number of aromatic nitrogens is 3. The number of hydrogen-bond donors (Lipinski definition) is 2. The fourth-order valence-corrected chi connectivity index (χ4v) is 3.80. The Labute approximate surface area is 188 Å².